The Balaban J connectivity index is 1.85. The van der Waals surface area contributed by atoms with E-state index in [0.29, 0.717) is 24.4 Å². The fourth-order valence-electron chi connectivity index (χ4n) is 2.65. The SMILES string of the molecule is CCc1nc(C2=NNC(=O)N(Cc3ccc(C)cc3)C2)c(O)cc1O. The highest BCUT2D eigenvalue weighted by atomic mass is 16.3. The van der Waals surface area contributed by atoms with Crippen molar-refractivity contribution in [3.63, 3.8) is 0 Å². The summed E-state index contributed by atoms with van der Waals surface area (Å²) in [6.07, 6.45) is 0.520. The van der Waals surface area contributed by atoms with E-state index in [9.17, 15) is 15.0 Å². The lowest BCUT2D eigenvalue weighted by Gasteiger charge is -2.27. The van der Waals surface area contributed by atoms with E-state index in [1.54, 1.807) is 4.90 Å². The molecule has 130 valence electrons. The van der Waals surface area contributed by atoms with Crippen LogP contribution in [0.5, 0.6) is 11.5 Å². The van der Waals surface area contributed by atoms with Gasteiger partial charge >= 0.3 is 6.03 Å². The summed E-state index contributed by atoms with van der Waals surface area (Å²) in [6.45, 7) is 4.50. The van der Waals surface area contributed by atoms with E-state index >= 15 is 0 Å². The molecule has 7 nitrogen and oxygen atoms in total. The lowest BCUT2D eigenvalue weighted by Crippen LogP contribution is -2.45. The van der Waals surface area contributed by atoms with Crippen LogP contribution in [0.2, 0.25) is 0 Å². The molecule has 0 saturated carbocycles. The number of amides is 2. The molecule has 2 amide bonds. The van der Waals surface area contributed by atoms with E-state index in [-0.39, 0.29) is 29.8 Å². The van der Waals surface area contributed by atoms with Crippen molar-refractivity contribution >= 4 is 11.7 Å². The number of aryl methyl sites for hydroxylation is 2. The van der Waals surface area contributed by atoms with Crippen molar-refractivity contribution in [1.82, 2.24) is 15.3 Å². The minimum absolute atomic E-state index is 0.0549. The maximum absolute atomic E-state index is 12.1. The Morgan fingerprint density at radius 1 is 1.20 bits per heavy atom. The van der Waals surface area contributed by atoms with Gasteiger partial charge in [-0.25, -0.2) is 15.2 Å². The summed E-state index contributed by atoms with van der Waals surface area (Å²) in [4.78, 5) is 18.0. The van der Waals surface area contributed by atoms with Gasteiger partial charge in [-0.15, -0.1) is 0 Å². The van der Waals surface area contributed by atoms with E-state index in [1.165, 1.54) is 6.07 Å². The van der Waals surface area contributed by atoms with Gasteiger partial charge in [0.1, 0.15) is 22.9 Å². The lowest BCUT2D eigenvalue weighted by molar-refractivity contribution is 0.199. The second kappa shape index (κ2) is 6.80. The molecule has 0 radical (unpaired) electrons. The van der Waals surface area contributed by atoms with Crippen LogP contribution in [-0.4, -0.2) is 38.4 Å². The first-order valence-electron chi connectivity index (χ1n) is 8.07. The first-order valence-corrected chi connectivity index (χ1v) is 8.07. The molecule has 1 aliphatic rings. The number of nitrogens with one attached hydrogen (secondary N) is 1. The third kappa shape index (κ3) is 3.55. The number of hydrazone groups is 1. The van der Waals surface area contributed by atoms with Crippen LogP contribution in [0.25, 0.3) is 0 Å². The van der Waals surface area contributed by atoms with Crippen LogP contribution in [-0.2, 0) is 13.0 Å². The van der Waals surface area contributed by atoms with Crippen molar-refractivity contribution in [3.8, 4) is 11.5 Å². The van der Waals surface area contributed by atoms with Crippen LogP contribution in [0, 0.1) is 6.92 Å². The third-order valence-corrected chi connectivity index (χ3v) is 4.08. The summed E-state index contributed by atoms with van der Waals surface area (Å²) in [5.74, 6) is -0.222. The van der Waals surface area contributed by atoms with E-state index in [4.69, 9.17) is 0 Å². The van der Waals surface area contributed by atoms with Crippen LogP contribution in [0.15, 0.2) is 35.4 Å². The zero-order chi connectivity index (χ0) is 18.0. The Morgan fingerprint density at radius 3 is 2.60 bits per heavy atom. The van der Waals surface area contributed by atoms with Gasteiger partial charge in [0.05, 0.1) is 12.2 Å². The van der Waals surface area contributed by atoms with Crippen LogP contribution in [0.3, 0.4) is 0 Å². The fraction of sp³-hybridized carbons (Fsp3) is 0.278. The van der Waals surface area contributed by atoms with Crippen LogP contribution < -0.4 is 5.43 Å². The minimum atomic E-state index is -0.307. The predicted octanol–water partition coefficient (Wildman–Crippen LogP) is 2.29. The van der Waals surface area contributed by atoms with Gasteiger partial charge in [0.15, 0.2) is 0 Å². The normalized spacial score (nSPS) is 14.2. The van der Waals surface area contributed by atoms with E-state index < -0.39 is 0 Å². The van der Waals surface area contributed by atoms with Crippen molar-refractivity contribution < 1.29 is 15.0 Å². The van der Waals surface area contributed by atoms with Gasteiger partial charge < -0.3 is 15.1 Å². The van der Waals surface area contributed by atoms with Gasteiger partial charge in [0, 0.05) is 12.6 Å². The zero-order valence-corrected chi connectivity index (χ0v) is 14.2. The smallest absolute Gasteiger partial charge is 0.338 e. The number of carbonyl (C=O) groups excluding carboxylic acids is 1. The molecular weight excluding hydrogens is 320 g/mol. The Bertz CT molecular complexity index is 831. The number of hydrogen-bond donors (Lipinski definition) is 3. The van der Waals surface area contributed by atoms with E-state index in [2.05, 4.69) is 15.5 Å². The number of urea groups is 1. The Morgan fingerprint density at radius 2 is 1.92 bits per heavy atom. The maximum Gasteiger partial charge on any atom is 0.338 e. The van der Waals surface area contributed by atoms with Crippen molar-refractivity contribution in [2.75, 3.05) is 6.54 Å². The zero-order valence-electron chi connectivity index (χ0n) is 14.2. The first-order chi connectivity index (χ1) is 12.0. The monoisotopic (exact) mass is 340 g/mol. The number of pyridine rings is 1. The molecule has 0 unspecified atom stereocenters. The van der Waals surface area contributed by atoms with Crippen molar-refractivity contribution in [3.05, 3.63) is 52.8 Å². The molecule has 0 bridgehead atoms. The number of benzene rings is 1. The number of nitrogens with zero attached hydrogens (tertiary/aromatic N) is 3. The molecule has 1 aromatic heterocycles. The molecule has 0 aliphatic carbocycles. The molecular formula is C18H20N4O3. The van der Waals surface area contributed by atoms with Gasteiger partial charge in [-0.2, -0.15) is 5.10 Å². The molecule has 0 fully saturated rings. The quantitative estimate of drug-likeness (QED) is 0.795. The largest absolute Gasteiger partial charge is 0.506 e. The predicted molar refractivity (Wildman–Crippen MR) is 93.6 cm³/mol. The van der Waals surface area contributed by atoms with Gasteiger partial charge in [-0.3, -0.25) is 0 Å². The highest BCUT2D eigenvalue weighted by Crippen LogP contribution is 2.26. The van der Waals surface area contributed by atoms with Gasteiger partial charge in [-0.05, 0) is 18.9 Å². The Labute approximate surface area is 145 Å². The van der Waals surface area contributed by atoms with E-state index in [0.717, 1.165) is 11.1 Å². The van der Waals surface area contributed by atoms with Gasteiger partial charge in [-0.1, -0.05) is 36.8 Å². The fourth-order valence-corrected chi connectivity index (χ4v) is 2.65. The molecule has 1 aromatic carbocycles. The maximum atomic E-state index is 12.1. The highest BCUT2D eigenvalue weighted by molar-refractivity contribution is 6.05. The van der Waals surface area contributed by atoms with Crippen molar-refractivity contribution in [2.24, 2.45) is 5.10 Å². The molecule has 3 rings (SSSR count). The standard InChI is InChI=1S/C18H20N4O3/c1-3-13-15(23)8-16(24)17(19-13)14-10-22(18(25)21-20-14)9-12-6-4-11(2)5-7-12/h4-8,23-24H,3,9-10H2,1-2H3,(H,21,25). The van der Waals surface area contributed by atoms with Crippen molar-refractivity contribution in [1.29, 1.82) is 0 Å². The summed E-state index contributed by atoms with van der Waals surface area (Å²) in [7, 11) is 0. The number of carbonyl (C=O) groups is 1. The van der Waals surface area contributed by atoms with Crippen LogP contribution >= 0.6 is 0 Å². The summed E-state index contributed by atoms with van der Waals surface area (Å²) in [5.41, 5.74) is 5.78. The Hall–Kier alpha value is -3.09. The molecule has 1 aliphatic heterocycles. The average Bonchev–Trinajstić information content (AvgIpc) is 2.59. The third-order valence-electron chi connectivity index (χ3n) is 4.08. The molecule has 0 spiro atoms. The van der Waals surface area contributed by atoms with Crippen LogP contribution in [0.1, 0.15) is 29.4 Å². The molecule has 7 heteroatoms. The number of aromatic nitrogens is 1. The molecule has 3 N–H and O–H groups in total. The summed E-state index contributed by atoms with van der Waals surface area (Å²) >= 11 is 0. The number of rotatable bonds is 4. The summed E-state index contributed by atoms with van der Waals surface area (Å²) in [6, 6.07) is 8.88. The van der Waals surface area contributed by atoms with Crippen molar-refractivity contribution in [2.45, 2.75) is 26.8 Å². The molecule has 0 saturated heterocycles. The van der Waals surface area contributed by atoms with Gasteiger partial charge in [0.25, 0.3) is 0 Å². The average molecular weight is 340 g/mol. The number of aromatic hydroxyl groups is 2. The van der Waals surface area contributed by atoms with E-state index in [1.807, 2.05) is 38.1 Å². The highest BCUT2D eigenvalue weighted by Gasteiger charge is 2.25. The first kappa shape index (κ1) is 16.8. The number of hydrogen-bond acceptors (Lipinski definition) is 5. The summed E-state index contributed by atoms with van der Waals surface area (Å²) in [5, 5.41) is 23.9. The minimum Gasteiger partial charge on any atom is -0.506 e. The van der Waals surface area contributed by atoms with Gasteiger partial charge in [0.2, 0.25) is 0 Å². The molecule has 2 heterocycles. The molecule has 2 aromatic rings. The van der Waals surface area contributed by atoms with Crippen LogP contribution in [0.4, 0.5) is 4.79 Å². The molecule has 25 heavy (non-hydrogen) atoms. The Kier molecular flexibility index (Phi) is 4.56. The summed E-state index contributed by atoms with van der Waals surface area (Å²) < 4.78 is 0. The second-order valence-electron chi connectivity index (χ2n) is 5.99. The lowest BCUT2D eigenvalue weighted by atomic mass is 10.1. The second-order valence-corrected chi connectivity index (χ2v) is 5.99. The topological polar surface area (TPSA) is 98.1 Å². The molecule has 0 atom stereocenters.